The first-order valence-corrected chi connectivity index (χ1v) is 10.4. The molecule has 2 heterocycles. The Bertz CT molecular complexity index is 1190. The normalized spacial score (nSPS) is 26.6. The molecule has 3 N–H and O–H groups in total. The molecule has 0 spiro atoms. The second-order valence-electron chi connectivity index (χ2n) is 8.13. The number of anilines is 1. The molecule has 4 atom stereocenters. The number of carboxylic acid groups (broad SMARTS) is 1. The maximum absolute atomic E-state index is 13.5. The third kappa shape index (κ3) is 3.79. The molecule has 12 heteroatoms. The van der Waals surface area contributed by atoms with Crippen LogP contribution in [-0.4, -0.2) is 46.5 Å². The number of amides is 2. The third-order valence-electron chi connectivity index (χ3n) is 6.15. The molecule has 2 aliphatic rings. The fourth-order valence-corrected chi connectivity index (χ4v) is 4.75. The van der Waals surface area contributed by atoms with Gasteiger partial charge in [-0.25, -0.2) is 4.90 Å². The standard InChI is InChI=1S/C22H18ClF3N2O6/c1-10-5-6-12(8-14(10)23)28-18(30)15-16(19(28)31)21(9-29,20(32)33)27-17(15)11-3-2-4-13(7-11)34-22(24,25)26/h2-8,15-17,27,29H,9H2,1H3,(H,32,33). The van der Waals surface area contributed by atoms with Crippen molar-refractivity contribution in [1.29, 1.82) is 0 Å². The van der Waals surface area contributed by atoms with E-state index in [-0.39, 0.29) is 16.3 Å². The highest BCUT2D eigenvalue weighted by Crippen LogP contribution is 2.50. The van der Waals surface area contributed by atoms with Crippen LogP contribution < -0.4 is 15.0 Å². The molecule has 0 saturated carbocycles. The van der Waals surface area contributed by atoms with E-state index in [0.717, 1.165) is 17.0 Å². The molecule has 2 amide bonds. The number of nitrogens with zero attached hydrogens (tertiary/aromatic N) is 1. The van der Waals surface area contributed by atoms with Gasteiger partial charge in [0.15, 0.2) is 5.54 Å². The molecule has 8 nitrogen and oxygen atoms in total. The number of ether oxygens (including phenoxy) is 1. The summed E-state index contributed by atoms with van der Waals surface area (Å²) in [6.45, 7) is 0.673. The molecule has 2 aliphatic heterocycles. The van der Waals surface area contributed by atoms with E-state index >= 15 is 0 Å². The van der Waals surface area contributed by atoms with Gasteiger partial charge in [-0.15, -0.1) is 13.2 Å². The molecule has 2 aromatic rings. The second kappa shape index (κ2) is 8.26. The highest BCUT2D eigenvalue weighted by Gasteiger charge is 2.68. The predicted octanol–water partition coefficient (Wildman–Crippen LogP) is 2.81. The monoisotopic (exact) mass is 498 g/mol. The van der Waals surface area contributed by atoms with E-state index in [1.165, 1.54) is 24.3 Å². The summed E-state index contributed by atoms with van der Waals surface area (Å²) in [7, 11) is 0. The Kier molecular flexibility index (Phi) is 5.83. The van der Waals surface area contributed by atoms with E-state index in [1.807, 2.05) is 0 Å². The van der Waals surface area contributed by atoms with Crippen molar-refractivity contribution in [3.63, 3.8) is 0 Å². The SMILES string of the molecule is Cc1ccc(N2C(=O)C3C(c4cccc(OC(F)(F)F)c4)NC(CO)(C(=O)O)C3C2=O)cc1Cl. The van der Waals surface area contributed by atoms with Gasteiger partial charge in [-0.05, 0) is 42.3 Å². The lowest BCUT2D eigenvalue weighted by atomic mass is 9.79. The summed E-state index contributed by atoms with van der Waals surface area (Å²) < 4.78 is 42.0. The number of hydrogen-bond donors (Lipinski definition) is 3. The van der Waals surface area contributed by atoms with Crippen molar-refractivity contribution in [2.45, 2.75) is 24.9 Å². The Morgan fingerprint density at radius 1 is 1.21 bits per heavy atom. The molecular formula is C22H18ClF3N2O6. The van der Waals surface area contributed by atoms with E-state index in [2.05, 4.69) is 10.1 Å². The van der Waals surface area contributed by atoms with Crippen LogP contribution in [0.2, 0.25) is 5.02 Å². The number of benzene rings is 2. The molecule has 0 radical (unpaired) electrons. The zero-order valence-electron chi connectivity index (χ0n) is 17.5. The van der Waals surface area contributed by atoms with Gasteiger partial charge in [0.25, 0.3) is 0 Å². The highest BCUT2D eigenvalue weighted by atomic mass is 35.5. The van der Waals surface area contributed by atoms with Crippen molar-refractivity contribution in [3.05, 3.63) is 58.6 Å². The Morgan fingerprint density at radius 2 is 1.91 bits per heavy atom. The Labute approximate surface area is 195 Å². The number of carbonyl (C=O) groups is 3. The van der Waals surface area contributed by atoms with Gasteiger partial charge in [0, 0.05) is 11.1 Å². The molecule has 34 heavy (non-hydrogen) atoms. The third-order valence-corrected chi connectivity index (χ3v) is 6.56. The predicted molar refractivity (Wildman–Crippen MR) is 112 cm³/mol. The topological polar surface area (TPSA) is 116 Å². The van der Waals surface area contributed by atoms with Crippen molar-refractivity contribution < 1.29 is 42.5 Å². The lowest BCUT2D eigenvalue weighted by molar-refractivity contribution is -0.274. The number of halogens is 4. The van der Waals surface area contributed by atoms with Gasteiger partial charge in [0.1, 0.15) is 5.75 Å². The first kappa shape index (κ1) is 24.0. The van der Waals surface area contributed by atoms with E-state index in [4.69, 9.17) is 11.6 Å². The summed E-state index contributed by atoms with van der Waals surface area (Å²) in [4.78, 5) is 39.9. The molecule has 0 aromatic heterocycles. The van der Waals surface area contributed by atoms with Crippen LogP contribution in [0.25, 0.3) is 0 Å². The number of hydrogen-bond acceptors (Lipinski definition) is 6. The van der Waals surface area contributed by atoms with Gasteiger partial charge < -0.3 is 14.9 Å². The molecular weight excluding hydrogens is 481 g/mol. The zero-order chi connectivity index (χ0) is 25.0. The average molecular weight is 499 g/mol. The lowest BCUT2D eigenvalue weighted by Crippen LogP contribution is -2.58. The number of nitrogens with one attached hydrogen (secondary N) is 1. The van der Waals surface area contributed by atoms with Gasteiger partial charge in [-0.1, -0.05) is 29.8 Å². The summed E-state index contributed by atoms with van der Waals surface area (Å²) >= 11 is 6.14. The number of imide groups is 1. The van der Waals surface area contributed by atoms with Crippen LogP contribution in [0, 0.1) is 18.8 Å². The van der Waals surface area contributed by atoms with Crippen molar-refractivity contribution in [2.24, 2.45) is 11.8 Å². The fraction of sp³-hybridized carbons (Fsp3) is 0.318. The van der Waals surface area contributed by atoms with Crippen LogP contribution in [-0.2, 0) is 14.4 Å². The van der Waals surface area contributed by atoms with Crippen LogP contribution in [0.5, 0.6) is 5.75 Å². The number of aliphatic hydroxyl groups excluding tert-OH is 1. The number of carbonyl (C=O) groups excluding carboxylic acids is 2. The minimum absolute atomic E-state index is 0.0817. The van der Waals surface area contributed by atoms with Crippen molar-refractivity contribution in [3.8, 4) is 5.75 Å². The largest absolute Gasteiger partial charge is 0.573 e. The van der Waals surface area contributed by atoms with E-state index < -0.39 is 59.9 Å². The molecule has 2 aromatic carbocycles. The maximum atomic E-state index is 13.5. The van der Waals surface area contributed by atoms with Crippen LogP contribution in [0.3, 0.4) is 0 Å². The minimum Gasteiger partial charge on any atom is -0.480 e. The summed E-state index contributed by atoms with van der Waals surface area (Å²) in [6.07, 6.45) is -4.97. The number of aryl methyl sites for hydroxylation is 1. The van der Waals surface area contributed by atoms with Gasteiger partial charge in [0.05, 0.1) is 24.1 Å². The number of aliphatic carboxylic acids is 1. The number of alkyl halides is 3. The summed E-state index contributed by atoms with van der Waals surface area (Å²) in [5.41, 5.74) is -1.36. The molecule has 2 fully saturated rings. The zero-order valence-corrected chi connectivity index (χ0v) is 18.2. The Morgan fingerprint density at radius 3 is 2.50 bits per heavy atom. The molecule has 4 rings (SSSR count). The van der Waals surface area contributed by atoms with Crippen LogP contribution in [0.1, 0.15) is 17.2 Å². The molecule has 0 bridgehead atoms. The molecule has 180 valence electrons. The average Bonchev–Trinajstić information content (AvgIpc) is 3.24. The Balaban J connectivity index is 1.81. The summed E-state index contributed by atoms with van der Waals surface area (Å²) in [5, 5.41) is 22.9. The number of aliphatic hydroxyl groups is 1. The number of fused-ring (bicyclic) bond motifs is 1. The van der Waals surface area contributed by atoms with Crippen molar-refractivity contribution in [2.75, 3.05) is 11.5 Å². The van der Waals surface area contributed by atoms with Crippen molar-refractivity contribution >= 4 is 35.1 Å². The summed E-state index contributed by atoms with van der Waals surface area (Å²) in [6, 6.07) is 7.89. The van der Waals surface area contributed by atoms with E-state index in [9.17, 15) is 37.8 Å². The minimum atomic E-state index is -4.97. The molecule has 4 unspecified atom stereocenters. The fourth-order valence-electron chi connectivity index (χ4n) is 4.58. The van der Waals surface area contributed by atoms with Gasteiger partial charge >= 0.3 is 12.3 Å². The smallest absolute Gasteiger partial charge is 0.480 e. The number of carboxylic acids is 1. The van der Waals surface area contributed by atoms with Crippen LogP contribution >= 0.6 is 11.6 Å². The van der Waals surface area contributed by atoms with E-state index in [1.54, 1.807) is 13.0 Å². The second-order valence-corrected chi connectivity index (χ2v) is 8.53. The van der Waals surface area contributed by atoms with Crippen molar-refractivity contribution in [1.82, 2.24) is 5.32 Å². The lowest BCUT2D eigenvalue weighted by Gasteiger charge is -2.29. The first-order valence-electron chi connectivity index (χ1n) is 10.0. The van der Waals surface area contributed by atoms with Gasteiger partial charge in [-0.3, -0.25) is 19.7 Å². The van der Waals surface area contributed by atoms with Gasteiger partial charge in [-0.2, -0.15) is 0 Å². The van der Waals surface area contributed by atoms with E-state index in [0.29, 0.717) is 5.56 Å². The van der Waals surface area contributed by atoms with Crippen LogP contribution in [0.15, 0.2) is 42.5 Å². The maximum Gasteiger partial charge on any atom is 0.573 e. The highest BCUT2D eigenvalue weighted by molar-refractivity contribution is 6.32. The molecule has 0 aliphatic carbocycles. The van der Waals surface area contributed by atoms with Gasteiger partial charge in [0.2, 0.25) is 11.8 Å². The summed E-state index contributed by atoms with van der Waals surface area (Å²) in [5.74, 6) is -6.66. The first-order chi connectivity index (χ1) is 15.9. The Hall–Kier alpha value is -3.15. The van der Waals surface area contributed by atoms with Crippen LogP contribution in [0.4, 0.5) is 18.9 Å². The quantitative estimate of drug-likeness (QED) is 0.543. The number of rotatable bonds is 5. The molecule has 2 saturated heterocycles.